The number of aryl methyl sites for hydroxylation is 1. The maximum atomic E-state index is 13.7. The molecule has 0 aliphatic carbocycles. The van der Waals surface area contributed by atoms with Gasteiger partial charge >= 0.3 is 6.18 Å². The molecule has 0 fully saturated rings. The number of rotatable bonds is 3. The number of nitrogens with zero attached hydrogens (tertiary/aromatic N) is 2. The fourth-order valence-corrected chi connectivity index (χ4v) is 3.64. The Hall–Kier alpha value is -3.00. The van der Waals surface area contributed by atoms with Gasteiger partial charge in [-0.1, -0.05) is 29.8 Å². The first-order valence-electron chi connectivity index (χ1n) is 9.47. The van der Waals surface area contributed by atoms with Crippen molar-refractivity contribution < 1.29 is 17.6 Å². The van der Waals surface area contributed by atoms with E-state index in [9.17, 15) is 22.4 Å². The molecule has 30 heavy (non-hydrogen) atoms. The molecule has 8 heteroatoms. The number of aromatic amines is 1. The van der Waals surface area contributed by atoms with Gasteiger partial charge in [0.25, 0.3) is 5.56 Å². The van der Waals surface area contributed by atoms with E-state index < -0.39 is 17.6 Å². The molecule has 4 rings (SSSR count). The number of alkyl halides is 3. The predicted octanol–water partition coefficient (Wildman–Crippen LogP) is 4.46. The Morgan fingerprint density at radius 3 is 2.57 bits per heavy atom. The average molecular weight is 417 g/mol. The monoisotopic (exact) mass is 417 g/mol. The van der Waals surface area contributed by atoms with Crippen molar-refractivity contribution in [1.82, 2.24) is 14.9 Å². The standard InChI is InChI=1S/C22H19F4N3O/c1-13-2-4-15(5-3-13)20-27-19-12-29(7-6-18(19)21(30)28-20)11-14-8-16(22(24,25)26)10-17(23)9-14/h2-5,8-10H,6-7,11-12H2,1H3,(H,27,28,30). The minimum Gasteiger partial charge on any atom is -0.306 e. The number of H-pyrrole nitrogens is 1. The van der Waals surface area contributed by atoms with Gasteiger partial charge < -0.3 is 4.98 Å². The van der Waals surface area contributed by atoms with E-state index in [1.54, 1.807) is 0 Å². The van der Waals surface area contributed by atoms with Crippen molar-refractivity contribution in [2.45, 2.75) is 32.6 Å². The molecule has 0 amide bonds. The Kier molecular flexibility index (Phi) is 5.19. The summed E-state index contributed by atoms with van der Waals surface area (Å²) in [6, 6.07) is 10.1. The number of fused-ring (bicyclic) bond motifs is 1. The lowest BCUT2D eigenvalue weighted by atomic mass is 10.0. The van der Waals surface area contributed by atoms with Gasteiger partial charge in [0.2, 0.25) is 0 Å². The van der Waals surface area contributed by atoms with Crippen LogP contribution in [0.15, 0.2) is 47.3 Å². The summed E-state index contributed by atoms with van der Waals surface area (Å²) >= 11 is 0. The van der Waals surface area contributed by atoms with Gasteiger partial charge in [0.05, 0.1) is 11.3 Å². The lowest BCUT2D eigenvalue weighted by Gasteiger charge is -2.28. The second kappa shape index (κ2) is 7.68. The van der Waals surface area contributed by atoms with Crippen molar-refractivity contribution in [3.05, 3.63) is 86.6 Å². The number of nitrogens with one attached hydrogen (secondary N) is 1. The molecule has 0 atom stereocenters. The van der Waals surface area contributed by atoms with Gasteiger partial charge in [-0.05, 0) is 37.1 Å². The summed E-state index contributed by atoms with van der Waals surface area (Å²) in [5, 5.41) is 0. The number of aromatic nitrogens is 2. The lowest BCUT2D eigenvalue weighted by Crippen LogP contribution is -2.35. The largest absolute Gasteiger partial charge is 0.416 e. The highest BCUT2D eigenvalue weighted by atomic mass is 19.4. The van der Waals surface area contributed by atoms with Crippen LogP contribution in [-0.4, -0.2) is 21.4 Å². The molecule has 156 valence electrons. The molecular formula is C22H19F4N3O. The van der Waals surface area contributed by atoms with Gasteiger partial charge in [0.1, 0.15) is 11.6 Å². The van der Waals surface area contributed by atoms with Crippen molar-refractivity contribution in [2.24, 2.45) is 0 Å². The minimum atomic E-state index is -4.61. The Balaban J connectivity index is 1.60. The number of hydrogen-bond acceptors (Lipinski definition) is 3. The Labute approximate surface area is 170 Å². The van der Waals surface area contributed by atoms with E-state index in [0.717, 1.165) is 23.3 Å². The number of hydrogen-bond donors (Lipinski definition) is 1. The Bertz CT molecular complexity index is 1140. The summed E-state index contributed by atoms with van der Waals surface area (Å²) in [5.74, 6) is -0.473. The van der Waals surface area contributed by atoms with Gasteiger partial charge in [0, 0.05) is 30.8 Å². The zero-order chi connectivity index (χ0) is 21.5. The summed E-state index contributed by atoms with van der Waals surface area (Å²) in [6.45, 7) is 2.87. The van der Waals surface area contributed by atoms with Crippen molar-refractivity contribution in [2.75, 3.05) is 6.54 Å². The van der Waals surface area contributed by atoms with Crippen LogP contribution in [0.5, 0.6) is 0 Å². The van der Waals surface area contributed by atoms with E-state index in [-0.39, 0.29) is 17.7 Å². The molecule has 0 spiro atoms. The van der Waals surface area contributed by atoms with Crippen LogP contribution in [0.3, 0.4) is 0 Å². The molecule has 0 radical (unpaired) electrons. The molecule has 1 aliphatic heterocycles. The topological polar surface area (TPSA) is 49.0 Å². The van der Waals surface area contributed by atoms with E-state index in [0.29, 0.717) is 42.7 Å². The van der Waals surface area contributed by atoms with Crippen LogP contribution in [0.1, 0.15) is 27.9 Å². The molecule has 1 aromatic heterocycles. The van der Waals surface area contributed by atoms with Gasteiger partial charge in [-0.2, -0.15) is 13.2 Å². The first-order valence-corrected chi connectivity index (χ1v) is 9.47. The SMILES string of the molecule is Cc1ccc(-c2nc3c(c(=O)[nH]2)CCN(Cc2cc(F)cc(C(F)(F)F)c2)C3)cc1. The maximum absolute atomic E-state index is 13.7. The summed E-state index contributed by atoms with van der Waals surface area (Å²) in [4.78, 5) is 21.8. The van der Waals surface area contributed by atoms with E-state index in [1.807, 2.05) is 36.1 Å². The Morgan fingerprint density at radius 1 is 1.13 bits per heavy atom. The second-order valence-electron chi connectivity index (χ2n) is 7.51. The van der Waals surface area contributed by atoms with Crippen molar-refractivity contribution in [3.63, 3.8) is 0 Å². The molecule has 0 bridgehead atoms. The summed E-state index contributed by atoms with van der Waals surface area (Å²) < 4.78 is 52.6. The van der Waals surface area contributed by atoms with Crippen LogP contribution >= 0.6 is 0 Å². The normalized spacial score (nSPS) is 14.6. The molecule has 0 unspecified atom stereocenters. The predicted molar refractivity (Wildman–Crippen MR) is 104 cm³/mol. The zero-order valence-corrected chi connectivity index (χ0v) is 16.2. The molecule has 2 heterocycles. The van der Waals surface area contributed by atoms with Crippen LogP contribution in [0.2, 0.25) is 0 Å². The quantitative estimate of drug-likeness (QED) is 0.640. The first-order chi connectivity index (χ1) is 14.2. The van der Waals surface area contributed by atoms with Crippen molar-refractivity contribution in [1.29, 1.82) is 0 Å². The van der Waals surface area contributed by atoms with Crippen molar-refractivity contribution >= 4 is 0 Å². The van der Waals surface area contributed by atoms with Crippen LogP contribution in [0.25, 0.3) is 11.4 Å². The van der Waals surface area contributed by atoms with E-state index in [4.69, 9.17) is 0 Å². The highest BCUT2D eigenvalue weighted by Crippen LogP contribution is 2.31. The molecule has 4 nitrogen and oxygen atoms in total. The van der Waals surface area contributed by atoms with Crippen molar-refractivity contribution in [3.8, 4) is 11.4 Å². The smallest absolute Gasteiger partial charge is 0.306 e. The third-order valence-corrected chi connectivity index (χ3v) is 5.17. The number of halogens is 4. The van der Waals surface area contributed by atoms with Crippen LogP contribution in [0, 0.1) is 12.7 Å². The highest BCUT2D eigenvalue weighted by Gasteiger charge is 2.31. The van der Waals surface area contributed by atoms with Gasteiger partial charge in [-0.25, -0.2) is 9.37 Å². The van der Waals surface area contributed by atoms with Crippen LogP contribution in [0.4, 0.5) is 17.6 Å². The summed E-state index contributed by atoms with van der Waals surface area (Å²) in [6.07, 6.45) is -4.18. The molecular weight excluding hydrogens is 398 g/mol. The fraction of sp³-hybridized carbons (Fsp3) is 0.273. The first kappa shape index (κ1) is 20.3. The second-order valence-corrected chi connectivity index (χ2v) is 7.51. The molecule has 2 aromatic carbocycles. The van der Waals surface area contributed by atoms with Gasteiger partial charge in [0.15, 0.2) is 0 Å². The van der Waals surface area contributed by atoms with E-state index in [2.05, 4.69) is 9.97 Å². The average Bonchev–Trinajstić information content (AvgIpc) is 2.67. The highest BCUT2D eigenvalue weighted by molar-refractivity contribution is 5.55. The maximum Gasteiger partial charge on any atom is 0.416 e. The van der Waals surface area contributed by atoms with E-state index in [1.165, 1.54) is 0 Å². The minimum absolute atomic E-state index is 0.134. The molecule has 1 N–H and O–H groups in total. The van der Waals surface area contributed by atoms with Crippen LogP contribution in [-0.2, 0) is 25.7 Å². The summed E-state index contributed by atoms with van der Waals surface area (Å²) in [5.41, 5.74) is 2.04. The molecule has 0 saturated carbocycles. The van der Waals surface area contributed by atoms with Crippen LogP contribution < -0.4 is 5.56 Å². The number of benzene rings is 2. The third-order valence-electron chi connectivity index (χ3n) is 5.17. The Morgan fingerprint density at radius 2 is 1.87 bits per heavy atom. The fourth-order valence-electron chi connectivity index (χ4n) is 3.64. The van der Waals surface area contributed by atoms with Gasteiger partial charge in [-0.3, -0.25) is 9.69 Å². The molecule has 0 saturated heterocycles. The van der Waals surface area contributed by atoms with Gasteiger partial charge in [-0.15, -0.1) is 0 Å². The molecule has 1 aliphatic rings. The third kappa shape index (κ3) is 4.28. The summed E-state index contributed by atoms with van der Waals surface area (Å²) in [7, 11) is 0. The van der Waals surface area contributed by atoms with E-state index >= 15 is 0 Å². The lowest BCUT2D eigenvalue weighted by molar-refractivity contribution is -0.137. The zero-order valence-electron chi connectivity index (χ0n) is 16.2. The molecule has 3 aromatic rings.